The minimum atomic E-state index is -2.70. The van der Waals surface area contributed by atoms with Crippen molar-refractivity contribution in [2.75, 3.05) is 18.8 Å². The summed E-state index contributed by atoms with van der Waals surface area (Å²) < 4.78 is 14.6. The van der Waals surface area contributed by atoms with Gasteiger partial charge in [0, 0.05) is 0 Å². The molecule has 3 nitrogen and oxygen atoms in total. The summed E-state index contributed by atoms with van der Waals surface area (Å²) in [5, 5.41) is 0. The third-order valence-corrected chi connectivity index (χ3v) is 2.89. The van der Waals surface area contributed by atoms with Crippen LogP contribution in [0.5, 0.6) is 0 Å². The van der Waals surface area contributed by atoms with Gasteiger partial charge in [-0.15, -0.1) is 10.3 Å². The van der Waals surface area contributed by atoms with Gasteiger partial charge < -0.3 is 4.89 Å². The molecule has 0 aromatic rings. The molecular weight excluding hydrogens is 187 g/mol. The molecule has 0 rings (SSSR count). The van der Waals surface area contributed by atoms with E-state index in [1.807, 2.05) is 18.8 Å². The van der Waals surface area contributed by atoms with Crippen LogP contribution in [0.1, 0.15) is 0 Å². The molecule has 1 N–H and O–H groups in total. The SMILES string of the molecule is CS(C)(C)O[PH](=O)O.[CaH2]. The molecule has 9 heavy (non-hydrogen) atoms. The van der Waals surface area contributed by atoms with E-state index in [0.29, 0.717) is 0 Å². The number of hydrogen-bond donors (Lipinski definition) is 1. The Morgan fingerprint density at radius 3 is 1.78 bits per heavy atom. The van der Waals surface area contributed by atoms with Crippen LogP contribution in [-0.2, 0) is 8.54 Å². The summed E-state index contributed by atoms with van der Waals surface area (Å²) in [5.74, 6) is 0. The molecule has 0 spiro atoms. The Balaban J connectivity index is 0. The molecule has 0 bridgehead atoms. The molecule has 6 heteroatoms. The first-order valence-corrected chi connectivity index (χ1v) is 6.07. The van der Waals surface area contributed by atoms with Crippen molar-refractivity contribution in [1.29, 1.82) is 0 Å². The standard InChI is InChI=1S/C3H11O3PS.Ca.2H/c1-8(2,3)6-7(4)5;;;/h7H,1-3H3,(H,4,5);;;. The van der Waals surface area contributed by atoms with Crippen LogP contribution in [0.3, 0.4) is 0 Å². The van der Waals surface area contributed by atoms with Crippen molar-refractivity contribution < 1.29 is 13.4 Å². The third-order valence-electron chi connectivity index (χ3n) is 0.321. The van der Waals surface area contributed by atoms with Crippen molar-refractivity contribution in [3.8, 4) is 0 Å². The van der Waals surface area contributed by atoms with Crippen molar-refractivity contribution in [3.05, 3.63) is 0 Å². The van der Waals surface area contributed by atoms with Crippen LogP contribution in [0.4, 0.5) is 0 Å². The first-order valence-electron chi connectivity index (χ1n) is 2.02. The Bertz CT molecular complexity index is 102. The summed E-state index contributed by atoms with van der Waals surface area (Å²) in [6, 6.07) is 0. The van der Waals surface area contributed by atoms with Crippen LogP contribution >= 0.6 is 18.6 Å². The molecule has 0 aromatic carbocycles. The Labute approximate surface area is 87.6 Å². The van der Waals surface area contributed by atoms with Crippen LogP contribution in [0.2, 0.25) is 0 Å². The van der Waals surface area contributed by atoms with Gasteiger partial charge in [-0.25, -0.2) is 0 Å². The van der Waals surface area contributed by atoms with E-state index >= 15 is 0 Å². The molecule has 0 aliphatic carbocycles. The fraction of sp³-hybridized carbons (Fsp3) is 1.00. The summed E-state index contributed by atoms with van der Waals surface area (Å²) in [6.07, 6.45) is 5.43. The topological polar surface area (TPSA) is 46.5 Å². The fourth-order valence-electron chi connectivity index (χ4n) is 0.214. The molecule has 0 radical (unpaired) electrons. The second-order valence-electron chi connectivity index (χ2n) is 2.07. The van der Waals surface area contributed by atoms with Crippen LogP contribution in [-0.4, -0.2) is 61.4 Å². The van der Waals surface area contributed by atoms with Crippen molar-refractivity contribution in [2.45, 2.75) is 0 Å². The van der Waals surface area contributed by atoms with Gasteiger partial charge in [-0.1, -0.05) is 0 Å². The Hall–Kier alpha value is 1.76. The first-order chi connectivity index (χ1) is 3.42. The van der Waals surface area contributed by atoms with Crippen LogP contribution in [0.25, 0.3) is 0 Å². The average molecular weight is 200 g/mol. The van der Waals surface area contributed by atoms with E-state index < -0.39 is 18.6 Å². The van der Waals surface area contributed by atoms with Crippen LogP contribution in [0, 0.1) is 0 Å². The van der Waals surface area contributed by atoms with Gasteiger partial charge in [0.2, 0.25) is 0 Å². The normalized spacial score (nSPS) is 16.0. The zero-order valence-electron chi connectivity index (χ0n) is 5.17. The second-order valence-corrected chi connectivity index (χ2v) is 6.72. The molecule has 0 aromatic heterocycles. The summed E-state index contributed by atoms with van der Waals surface area (Å²) in [5.41, 5.74) is 0. The summed E-state index contributed by atoms with van der Waals surface area (Å²) in [4.78, 5) is 8.23. The fourth-order valence-corrected chi connectivity index (χ4v) is 1.92. The van der Waals surface area contributed by atoms with Gasteiger partial charge >= 0.3 is 46.0 Å². The maximum absolute atomic E-state index is 10.00. The third kappa shape index (κ3) is 12.9. The van der Waals surface area contributed by atoms with Crippen molar-refractivity contribution in [1.82, 2.24) is 0 Å². The zero-order valence-corrected chi connectivity index (χ0v) is 6.99. The summed E-state index contributed by atoms with van der Waals surface area (Å²) in [7, 11) is -3.95. The average Bonchev–Trinajstić information content (AvgIpc) is 1.21. The molecule has 0 heterocycles. The molecule has 56 valence electrons. The molecule has 1 atom stereocenters. The molecule has 0 aliphatic heterocycles. The second kappa shape index (κ2) is 5.42. The van der Waals surface area contributed by atoms with Crippen LogP contribution in [0.15, 0.2) is 0 Å². The van der Waals surface area contributed by atoms with E-state index in [1.165, 1.54) is 0 Å². The predicted octanol–water partition coefficient (Wildman–Crippen LogP) is 0.0778. The van der Waals surface area contributed by atoms with Crippen molar-refractivity contribution in [3.63, 3.8) is 0 Å². The molecule has 0 fully saturated rings. The van der Waals surface area contributed by atoms with E-state index in [4.69, 9.17) is 4.89 Å². The van der Waals surface area contributed by atoms with Gasteiger partial charge in [-0.3, -0.25) is 8.54 Å². The van der Waals surface area contributed by atoms with E-state index in [1.54, 1.807) is 0 Å². The summed E-state index contributed by atoms with van der Waals surface area (Å²) in [6.45, 7) is 0. The van der Waals surface area contributed by atoms with Gasteiger partial charge in [0.15, 0.2) is 0 Å². The number of rotatable bonds is 2. The van der Waals surface area contributed by atoms with E-state index in [2.05, 4.69) is 3.97 Å². The molecule has 0 saturated carbocycles. The van der Waals surface area contributed by atoms with Crippen molar-refractivity contribution in [2.24, 2.45) is 0 Å². The van der Waals surface area contributed by atoms with E-state index in [9.17, 15) is 4.57 Å². The van der Waals surface area contributed by atoms with Gasteiger partial charge in [-0.05, 0) is 18.8 Å². The van der Waals surface area contributed by atoms with Crippen LogP contribution < -0.4 is 0 Å². The first kappa shape index (κ1) is 13.4. The number of hydrogen-bond acceptors (Lipinski definition) is 2. The monoisotopic (exact) mass is 200 g/mol. The predicted molar refractivity (Wildman–Crippen MR) is 46.2 cm³/mol. The van der Waals surface area contributed by atoms with E-state index in [0.717, 1.165) is 0 Å². The van der Waals surface area contributed by atoms with Gasteiger partial charge in [0.25, 0.3) is 0 Å². The Kier molecular flexibility index (Phi) is 8.04. The van der Waals surface area contributed by atoms with Gasteiger partial charge in [-0.2, -0.15) is 0 Å². The Morgan fingerprint density at radius 2 is 1.78 bits per heavy atom. The maximum atomic E-state index is 10.00. The van der Waals surface area contributed by atoms with Crippen molar-refractivity contribution >= 4 is 56.3 Å². The van der Waals surface area contributed by atoms with E-state index in [-0.39, 0.29) is 37.7 Å². The van der Waals surface area contributed by atoms with Gasteiger partial charge in [0.05, 0.1) is 0 Å². The molecule has 0 aliphatic rings. The minimum absolute atomic E-state index is 0. The molecular formula is C3H13CaO3PS. The molecule has 0 amide bonds. The molecule has 1 unspecified atom stereocenters. The van der Waals surface area contributed by atoms with Gasteiger partial charge in [0.1, 0.15) is 0 Å². The summed E-state index contributed by atoms with van der Waals surface area (Å²) >= 11 is 0. The quantitative estimate of drug-likeness (QED) is 0.507. The zero-order chi connectivity index (χ0) is 6.78. The Morgan fingerprint density at radius 1 is 1.44 bits per heavy atom. The molecule has 0 saturated heterocycles.